The van der Waals surface area contributed by atoms with Crippen LogP contribution in [-0.2, 0) is 0 Å². The van der Waals surface area contributed by atoms with Crippen molar-refractivity contribution in [1.82, 2.24) is 10.2 Å². The molecule has 0 aliphatic carbocycles. The molecule has 1 N–H and O–H groups in total. The Hall–Kier alpha value is -0.500. The van der Waals surface area contributed by atoms with E-state index in [2.05, 4.69) is 63.3 Å². The Morgan fingerprint density at radius 3 is 2.26 bits per heavy atom. The zero-order valence-electron chi connectivity index (χ0n) is 9.12. The fraction of sp³-hybridized carbons (Fsp3) is 0. The number of amides is 1. The van der Waals surface area contributed by atoms with Crippen LogP contribution in [0.1, 0.15) is 10.5 Å². The third kappa shape index (κ3) is 3.75. The van der Waals surface area contributed by atoms with Gasteiger partial charge >= 0.3 is 0 Å². The number of nitrogens with zero attached hydrogens (tertiary/aromatic N) is 2. The van der Waals surface area contributed by atoms with Crippen molar-refractivity contribution in [2.24, 2.45) is 0 Å². The number of benzene rings is 1. The summed E-state index contributed by atoms with van der Waals surface area (Å²) in [6, 6.07) is 6.67. The van der Waals surface area contributed by atoms with Gasteiger partial charge in [-0.3, -0.25) is 4.79 Å². The largest absolute Gasteiger partial charge is 0.319 e. The molecule has 1 aromatic heterocycles. The Morgan fingerprint density at radius 1 is 1.11 bits per heavy atom. The van der Waals surface area contributed by atoms with Gasteiger partial charge in [-0.2, -0.15) is 0 Å². The highest BCUT2D eigenvalue weighted by molar-refractivity contribution is 9.11. The van der Waals surface area contributed by atoms with Gasteiger partial charge in [0.2, 0.25) is 0 Å². The quantitative estimate of drug-likeness (QED) is 0.694. The second-order valence-corrected chi connectivity index (χ2v) is 6.45. The van der Waals surface area contributed by atoms with Gasteiger partial charge in [0.05, 0.1) is 5.69 Å². The summed E-state index contributed by atoms with van der Waals surface area (Å²) in [7, 11) is 0. The molecular formula is C11H5Br3ClN3O. The Labute approximate surface area is 139 Å². The highest BCUT2D eigenvalue weighted by Crippen LogP contribution is 2.34. The van der Waals surface area contributed by atoms with Crippen molar-refractivity contribution in [2.45, 2.75) is 0 Å². The summed E-state index contributed by atoms with van der Waals surface area (Å²) in [5, 5.41) is 10.3. The summed E-state index contributed by atoms with van der Waals surface area (Å²) in [5.74, 6) is -0.368. The molecule has 0 saturated heterocycles. The van der Waals surface area contributed by atoms with Crippen molar-refractivity contribution in [3.63, 3.8) is 0 Å². The molecular weight excluding hydrogens is 465 g/mol. The number of anilines is 1. The van der Waals surface area contributed by atoms with E-state index in [0.29, 0.717) is 5.69 Å². The zero-order valence-corrected chi connectivity index (χ0v) is 14.6. The van der Waals surface area contributed by atoms with Gasteiger partial charge in [-0.05, 0) is 56.1 Å². The maximum absolute atomic E-state index is 12.0. The van der Waals surface area contributed by atoms with Crippen LogP contribution in [0.3, 0.4) is 0 Å². The van der Waals surface area contributed by atoms with Gasteiger partial charge in [-0.25, -0.2) is 0 Å². The number of halogens is 4. The van der Waals surface area contributed by atoms with Crippen LogP contribution in [0.15, 0.2) is 37.7 Å². The molecule has 0 saturated carbocycles. The van der Waals surface area contributed by atoms with Crippen LogP contribution >= 0.6 is 59.4 Å². The monoisotopic (exact) mass is 467 g/mol. The SMILES string of the molecule is O=C(Nc1c(Br)cc(Br)cc1Br)c1ccc(Cl)nn1. The molecule has 0 aliphatic rings. The highest BCUT2D eigenvalue weighted by Gasteiger charge is 2.13. The number of carbonyl (C=O) groups excluding carboxylic acids is 1. The van der Waals surface area contributed by atoms with Crippen molar-refractivity contribution >= 4 is 71.0 Å². The number of rotatable bonds is 2. The molecule has 2 rings (SSSR count). The predicted octanol–water partition coefficient (Wildman–Crippen LogP) is 4.67. The molecule has 0 aliphatic heterocycles. The molecule has 19 heavy (non-hydrogen) atoms. The van der Waals surface area contributed by atoms with Crippen LogP contribution in [-0.4, -0.2) is 16.1 Å². The van der Waals surface area contributed by atoms with Gasteiger partial charge in [0.1, 0.15) is 0 Å². The average molecular weight is 470 g/mol. The Kier molecular flexibility index (Phi) is 4.94. The minimum atomic E-state index is -0.368. The minimum Gasteiger partial charge on any atom is -0.319 e. The lowest BCUT2D eigenvalue weighted by Gasteiger charge is -2.09. The second kappa shape index (κ2) is 6.30. The van der Waals surface area contributed by atoms with E-state index in [0.717, 1.165) is 13.4 Å². The van der Waals surface area contributed by atoms with Crippen LogP contribution < -0.4 is 5.32 Å². The molecule has 8 heteroatoms. The zero-order chi connectivity index (χ0) is 14.0. The van der Waals surface area contributed by atoms with E-state index in [-0.39, 0.29) is 16.8 Å². The summed E-state index contributed by atoms with van der Waals surface area (Å²) < 4.78 is 2.36. The van der Waals surface area contributed by atoms with Crippen LogP contribution in [0.25, 0.3) is 0 Å². The molecule has 1 aromatic carbocycles. The molecule has 0 spiro atoms. The molecule has 2 aromatic rings. The molecule has 4 nitrogen and oxygen atoms in total. The van der Waals surface area contributed by atoms with Crippen LogP contribution in [0.5, 0.6) is 0 Å². The Bertz CT molecular complexity index is 611. The van der Waals surface area contributed by atoms with Gasteiger partial charge in [0.25, 0.3) is 5.91 Å². The normalized spacial score (nSPS) is 10.3. The lowest BCUT2D eigenvalue weighted by atomic mass is 10.3. The van der Waals surface area contributed by atoms with E-state index in [4.69, 9.17) is 11.6 Å². The first-order valence-corrected chi connectivity index (χ1v) is 7.68. The highest BCUT2D eigenvalue weighted by atomic mass is 79.9. The van der Waals surface area contributed by atoms with Crippen molar-refractivity contribution < 1.29 is 4.79 Å². The molecule has 0 unspecified atom stereocenters. The number of aromatic nitrogens is 2. The maximum atomic E-state index is 12.0. The molecule has 0 fully saturated rings. The van der Waals surface area contributed by atoms with Gasteiger partial charge in [-0.1, -0.05) is 27.5 Å². The summed E-state index contributed by atoms with van der Waals surface area (Å²) in [6.07, 6.45) is 0. The van der Waals surface area contributed by atoms with Gasteiger partial charge in [0, 0.05) is 13.4 Å². The molecule has 0 radical (unpaired) electrons. The fourth-order valence-electron chi connectivity index (χ4n) is 1.28. The van der Waals surface area contributed by atoms with Crippen molar-refractivity contribution in [1.29, 1.82) is 0 Å². The lowest BCUT2D eigenvalue weighted by Crippen LogP contribution is -2.15. The first-order chi connectivity index (χ1) is 8.97. The first kappa shape index (κ1) is 14.9. The second-order valence-electron chi connectivity index (χ2n) is 3.44. The number of hydrogen-bond donors (Lipinski definition) is 1. The van der Waals surface area contributed by atoms with Gasteiger partial charge in [-0.15, -0.1) is 10.2 Å². The van der Waals surface area contributed by atoms with E-state index in [1.54, 1.807) is 0 Å². The van der Waals surface area contributed by atoms with Crippen molar-refractivity contribution in [2.75, 3.05) is 5.32 Å². The van der Waals surface area contributed by atoms with Gasteiger partial charge in [0.15, 0.2) is 10.8 Å². The first-order valence-electron chi connectivity index (χ1n) is 4.92. The van der Waals surface area contributed by atoms with E-state index in [1.165, 1.54) is 12.1 Å². The van der Waals surface area contributed by atoms with Crippen LogP contribution in [0, 0.1) is 0 Å². The smallest absolute Gasteiger partial charge is 0.276 e. The third-order valence-electron chi connectivity index (χ3n) is 2.11. The Balaban J connectivity index is 2.26. The molecule has 0 atom stereocenters. The fourth-order valence-corrected chi connectivity index (χ4v) is 3.83. The summed E-state index contributed by atoms with van der Waals surface area (Å²) in [6.45, 7) is 0. The van der Waals surface area contributed by atoms with Crippen molar-refractivity contribution in [3.05, 3.63) is 48.5 Å². The number of carbonyl (C=O) groups is 1. The van der Waals surface area contributed by atoms with Crippen molar-refractivity contribution in [3.8, 4) is 0 Å². The molecule has 1 heterocycles. The molecule has 1 amide bonds. The predicted molar refractivity (Wildman–Crippen MR) is 84.5 cm³/mol. The van der Waals surface area contributed by atoms with Gasteiger partial charge < -0.3 is 5.32 Å². The summed E-state index contributed by atoms with van der Waals surface area (Å²) in [5.41, 5.74) is 0.802. The molecule has 0 bridgehead atoms. The van der Waals surface area contributed by atoms with E-state index in [1.807, 2.05) is 12.1 Å². The van der Waals surface area contributed by atoms with E-state index < -0.39 is 0 Å². The summed E-state index contributed by atoms with van der Waals surface area (Å²) in [4.78, 5) is 12.0. The standard InChI is InChI=1S/C11H5Br3ClN3O/c12-5-3-6(13)10(7(14)4-5)16-11(19)8-1-2-9(15)18-17-8/h1-4H,(H,16,19). The van der Waals surface area contributed by atoms with Crippen LogP contribution in [0.2, 0.25) is 5.15 Å². The number of hydrogen-bond acceptors (Lipinski definition) is 3. The van der Waals surface area contributed by atoms with Crippen LogP contribution in [0.4, 0.5) is 5.69 Å². The topological polar surface area (TPSA) is 54.9 Å². The van der Waals surface area contributed by atoms with E-state index in [9.17, 15) is 4.79 Å². The minimum absolute atomic E-state index is 0.186. The summed E-state index contributed by atoms with van der Waals surface area (Å²) >= 11 is 15.7. The Morgan fingerprint density at radius 2 is 1.74 bits per heavy atom. The van der Waals surface area contributed by atoms with E-state index >= 15 is 0 Å². The number of nitrogens with one attached hydrogen (secondary N) is 1. The molecule has 98 valence electrons. The maximum Gasteiger partial charge on any atom is 0.276 e. The third-order valence-corrected chi connectivity index (χ3v) is 4.02. The average Bonchev–Trinajstić information content (AvgIpc) is 2.34. The lowest BCUT2D eigenvalue weighted by molar-refractivity contribution is 0.102.